The SMILES string of the molecule is Clc1nc(Nc2ccc(CNc3nc(N4CCCCC4)nc(N4CCCCC4)n3)cc2)nc(Nc2ccc(CNc3nc(N4CCCCC4)nc(N4CCCCC4)n3)cc2)n1. The van der Waals surface area contributed by atoms with Crippen LogP contribution in [0.2, 0.25) is 5.28 Å². The van der Waals surface area contributed by atoms with Crippen LogP contribution in [0.3, 0.4) is 0 Å². The van der Waals surface area contributed by atoms with Gasteiger partial charge in [0.15, 0.2) is 0 Å². The molecule has 0 bridgehead atoms. The van der Waals surface area contributed by atoms with Gasteiger partial charge in [-0.15, -0.1) is 0 Å². The van der Waals surface area contributed by atoms with Crippen molar-refractivity contribution >= 4 is 70.6 Å². The molecule has 2 aromatic carbocycles. The Morgan fingerprint density at radius 3 is 0.984 bits per heavy atom. The highest BCUT2D eigenvalue weighted by atomic mass is 35.5. The standard InChI is InChI=1S/C43H56ClN17/c44-35-49-38(47-33-17-13-31(14-18-33)29-45-36-52-40(58-21-5-1-6-22-58)56-41(53-36)59-23-7-2-8-24-59)51-39(50-35)48-34-19-15-32(16-20-34)30-46-37-54-42(60-25-9-3-10-26-60)57-43(55-37)61-27-11-4-12-28-61/h13-20H,1-12,21-30H2,(H,45,52,53,56)(H,46,54,55,57)(H2,47,48,49,50,51). The first-order valence-electron chi connectivity index (χ1n) is 22.2. The van der Waals surface area contributed by atoms with Crippen molar-refractivity contribution < 1.29 is 0 Å². The second kappa shape index (κ2) is 19.7. The Balaban J connectivity index is 0.802. The first kappa shape index (κ1) is 40.6. The molecular formula is C43H56ClN17. The minimum absolute atomic E-state index is 0.0806. The van der Waals surface area contributed by atoms with Crippen LogP contribution in [-0.4, -0.2) is 97.2 Å². The van der Waals surface area contributed by atoms with E-state index in [1.807, 2.05) is 48.5 Å². The lowest BCUT2D eigenvalue weighted by Crippen LogP contribution is -2.34. The van der Waals surface area contributed by atoms with Crippen LogP contribution < -0.4 is 40.9 Å². The summed E-state index contributed by atoms with van der Waals surface area (Å²) in [4.78, 5) is 51.6. The van der Waals surface area contributed by atoms with Gasteiger partial charge in [0.1, 0.15) is 0 Å². The molecule has 7 heterocycles. The van der Waals surface area contributed by atoms with Crippen LogP contribution in [0.25, 0.3) is 0 Å². The summed E-state index contributed by atoms with van der Waals surface area (Å²) in [6.45, 7) is 9.00. The van der Waals surface area contributed by atoms with Gasteiger partial charge in [-0.3, -0.25) is 0 Å². The van der Waals surface area contributed by atoms with E-state index >= 15 is 0 Å². The first-order valence-corrected chi connectivity index (χ1v) is 22.6. The summed E-state index contributed by atoms with van der Waals surface area (Å²) in [5, 5.41) is 13.5. The van der Waals surface area contributed by atoms with E-state index in [2.05, 4.69) is 55.8 Å². The van der Waals surface area contributed by atoms with Crippen LogP contribution in [0.15, 0.2) is 48.5 Å². The molecule has 320 valence electrons. The molecule has 0 aliphatic carbocycles. The summed E-state index contributed by atoms with van der Waals surface area (Å²) in [5.74, 6) is 4.96. The smallest absolute Gasteiger partial charge is 0.233 e. The molecule has 3 aromatic heterocycles. The number of hydrogen-bond donors (Lipinski definition) is 4. The summed E-state index contributed by atoms with van der Waals surface area (Å²) >= 11 is 6.37. The highest BCUT2D eigenvalue weighted by Crippen LogP contribution is 2.26. The second-order valence-electron chi connectivity index (χ2n) is 16.3. The topological polar surface area (TPSA) is 177 Å². The van der Waals surface area contributed by atoms with Crippen LogP contribution in [0, 0.1) is 0 Å². The quantitative estimate of drug-likeness (QED) is 0.0860. The molecule has 0 saturated carbocycles. The van der Waals surface area contributed by atoms with Crippen molar-refractivity contribution in [3.8, 4) is 0 Å². The Morgan fingerprint density at radius 1 is 0.361 bits per heavy atom. The van der Waals surface area contributed by atoms with E-state index in [0.29, 0.717) is 36.9 Å². The number of nitrogens with one attached hydrogen (secondary N) is 4. The largest absolute Gasteiger partial charge is 0.350 e. The molecule has 17 nitrogen and oxygen atoms in total. The number of piperidine rings is 4. The molecule has 0 atom stereocenters. The number of rotatable bonds is 14. The highest BCUT2D eigenvalue weighted by Gasteiger charge is 2.22. The molecule has 4 aliphatic rings. The van der Waals surface area contributed by atoms with Crippen molar-refractivity contribution in [1.82, 2.24) is 44.9 Å². The van der Waals surface area contributed by atoms with E-state index in [4.69, 9.17) is 41.5 Å². The monoisotopic (exact) mass is 845 g/mol. The normalized spacial score (nSPS) is 17.3. The van der Waals surface area contributed by atoms with E-state index in [9.17, 15) is 0 Å². The molecule has 61 heavy (non-hydrogen) atoms. The van der Waals surface area contributed by atoms with E-state index in [1.165, 1.54) is 77.0 Å². The van der Waals surface area contributed by atoms with Crippen molar-refractivity contribution in [2.75, 3.05) is 93.2 Å². The molecule has 0 amide bonds. The van der Waals surface area contributed by atoms with Crippen LogP contribution in [0.5, 0.6) is 0 Å². The molecule has 4 fully saturated rings. The maximum Gasteiger partial charge on any atom is 0.233 e. The van der Waals surface area contributed by atoms with Crippen molar-refractivity contribution in [2.45, 2.75) is 90.1 Å². The number of hydrogen-bond acceptors (Lipinski definition) is 17. The molecule has 5 aromatic rings. The molecule has 9 rings (SSSR count). The maximum atomic E-state index is 6.37. The molecule has 4 N–H and O–H groups in total. The van der Waals surface area contributed by atoms with Gasteiger partial charge in [-0.2, -0.15) is 44.9 Å². The summed E-state index contributed by atoms with van der Waals surface area (Å²) in [7, 11) is 0. The highest BCUT2D eigenvalue weighted by molar-refractivity contribution is 6.28. The molecule has 18 heteroatoms. The fraction of sp³-hybridized carbons (Fsp3) is 0.512. The third-order valence-corrected chi connectivity index (χ3v) is 11.9. The van der Waals surface area contributed by atoms with E-state index in [0.717, 1.165) is 98.7 Å². The minimum Gasteiger partial charge on any atom is -0.350 e. The summed E-state index contributed by atoms with van der Waals surface area (Å²) in [6.07, 6.45) is 14.4. The first-order chi connectivity index (χ1) is 30.1. The lowest BCUT2D eigenvalue weighted by molar-refractivity contribution is 0.556. The summed E-state index contributed by atoms with van der Waals surface area (Å²) in [5.41, 5.74) is 3.80. The Labute approximate surface area is 362 Å². The van der Waals surface area contributed by atoms with Crippen molar-refractivity contribution in [1.29, 1.82) is 0 Å². The minimum atomic E-state index is 0.0806. The van der Waals surface area contributed by atoms with Crippen molar-refractivity contribution in [2.24, 2.45) is 0 Å². The molecule has 0 spiro atoms. The number of aromatic nitrogens is 9. The molecule has 4 aliphatic heterocycles. The van der Waals surface area contributed by atoms with Gasteiger partial charge in [-0.1, -0.05) is 24.3 Å². The average molecular weight is 846 g/mol. The van der Waals surface area contributed by atoms with E-state index < -0.39 is 0 Å². The van der Waals surface area contributed by atoms with E-state index in [-0.39, 0.29) is 5.28 Å². The molecular weight excluding hydrogens is 790 g/mol. The predicted octanol–water partition coefficient (Wildman–Crippen LogP) is 7.57. The fourth-order valence-corrected chi connectivity index (χ4v) is 8.46. The van der Waals surface area contributed by atoms with Gasteiger partial charge in [0, 0.05) is 76.8 Å². The lowest BCUT2D eigenvalue weighted by atomic mass is 10.1. The molecule has 0 radical (unpaired) electrons. The Kier molecular flexibility index (Phi) is 13.1. The van der Waals surface area contributed by atoms with Gasteiger partial charge in [-0.25, -0.2) is 0 Å². The zero-order valence-corrected chi connectivity index (χ0v) is 35.6. The van der Waals surface area contributed by atoms with Gasteiger partial charge < -0.3 is 40.9 Å². The Hall–Kier alpha value is -5.84. The fourth-order valence-electron chi connectivity index (χ4n) is 8.30. The van der Waals surface area contributed by atoms with Gasteiger partial charge >= 0.3 is 0 Å². The Bertz CT molecular complexity index is 1960. The predicted molar refractivity (Wildman–Crippen MR) is 243 cm³/mol. The average Bonchev–Trinajstić information content (AvgIpc) is 3.32. The van der Waals surface area contributed by atoms with E-state index in [1.54, 1.807) is 0 Å². The number of nitrogens with zero attached hydrogens (tertiary/aromatic N) is 13. The zero-order valence-electron chi connectivity index (χ0n) is 34.9. The van der Waals surface area contributed by atoms with Crippen molar-refractivity contribution in [3.63, 3.8) is 0 Å². The van der Waals surface area contributed by atoms with Crippen LogP contribution >= 0.6 is 11.6 Å². The van der Waals surface area contributed by atoms with Gasteiger partial charge in [0.2, 0.25) is 52.9 Å². The van der Waals surface area contributed by atoms with Crippen LogP contribution in [-0.2, 0) is 13.1 Å². The van der Waals surface area contributed by atoms with Crippen molar-refractivity contribution in [3.05, 3.63) is 64.9 Å². The number of benzene rings is 2. The second-order valence-corrected chi connectivity index (χ2v) is 16.6. The van der Waals surface area contributed by atoms with Crippen LogP contribution in [0.1, 0.15) is 88.2 Å². The Morgan fingerprint density at radius 2 is 0.672 bits per heavy atom. The van der Waals surface area contributed by atoms with Gasteiger partial charge in [0.25, 0.3) is 0 Å². The van der Waals surface area contributed by atoms with Gasteiger partial charge in [0.05, 0.1) is 0 Å². The third kappa shape index (κ3) is 10.9. The van der Waals surface area contributed by atoms with Crippen LogP contribution in [0.4, 0.5) is 59.0 Å². The molecule has 4 saturated heterocycles. The van der Waals surface area contributed by atoms with Gasteiger partial charge in [-0.05, 0) is 124 Å². The number of halogens is 1. The third-order valence-electron chi connectivity index (χ3n) is 11.7. The summed E-state index contributed by atoms with van der Waals surface area (Å²) < 4.78 is 0. The lowest BCUT2D eigenvalue weighted by Gasteiger charge is -2.30. The number of anilines is 10. The molecule has 0 unspecified atom stereocenters. The maximum absolute atomic E-state index is 6.37. The summed E-state index contributed by atoms with van der Waals surface area (Å²) in [6, 6.07) is 16.1. The zero-order chi connectivity index (χ0) is 41.2.